The average Bonchev–Trinajstić information content (AvgIpc) is 2.60. The van der Waals surface area contributed by atoms with E-state index < -0.39 is 0 Å². The first-order valence-electron chi connectivity index (χ1n) is 4.89. The maximum absolute atomic E-state index is 10.6. The van der Waals surface area contributed by atoms with Gasteiger partial charge in [-0.1, -0.05) is 11.6 Å². The van der Waals surface area contributed by atoms with E-state index >= 15 is 0 Å². The molecule has 0 atom stereocenters. The van der Waals surface area contributed by atoms with Gasteiger partial charge in [0.25, 0.3) is 0 Å². The van der Waals surface area contributed by atoms with E-state index in [-0.39, 0.29) is 0 Å². The Morgan fingerprint density at radius 3 is 2.62 bits per heavy atom. The summed E-state index contributed by atoms with van der Waals surface area (Å²) < 4.78 is 1.91. The van der Waals surface area contributed by atoms with Crippen molar-refractivity contribution in [3.63, 3.8) is 0 Å². The Kier molecular flexibility index (Phi) is 2.79. The normalized spacial score (nSPS) is 10.4. The Bertz CT molecular complexity index is 546. The molecule has 1 aromatic carbocycles. The van der Waals surface area contributed by atoms with Gasteiger partial charge in [0.2, 0.25) is 0 Å². The van der Waals surface area contributed by atoms with Gasteiger partial charge in [0.15, 0.2) is 0 Å². The number of benzene rings is 1. The highest BCUT2D eigenvalue weighted by Gasteiger charge is 2.08. The molecule has 0 radical (unpaired) electrons. The van der Waals surface area contributed by atoms with E-state index in [1.807, 2.05) is 24.5 Å². The van der Waals surface area contributed by atoms with Crippen LogP contribution in [0.3, 0.4) is 0 Å². The van der Waals surface area contributed by atoms with Crippen LogP contribution in [-0.2, 0) is 0 Å². The third-order valence-electron chi connectivity index (χ3n) is 2.62. The minimum Gasteiger partial charge on any atom is -0.302 e. The van der Waals surface area contributed by atoms with E-state index in [1.54, 1.807) is 18.5 Å². The van der Waals surface area contributed by atoms with Gasteiger partial charge in [0.05, 0.1) is 22.7 Å². The monoisotopic (exact) mass is 234 g/mol. The standard InChI is InChI=1S/C12H11ClN2O/c1-8-9(2)15(7-14-8)12-4-3-10(6-16)5-11(12)13/h3-7H,1-2H3. The van der Waals surface area contributed by atoms with Gasteiger partial charge in [-0.05, 0) is 32.0 Å². The molecule has 0 fully saturated rings. The number of imidazole rings is 1. The lowest BCUT2D eigenvalue weighted by Gasteiger charge is -2.08. The second kappa shape index (κ2) is 4.10. The van der Waals surface area contributed by atoms with Crippen LogP contribution in [0.15, 0.2) is 24.5 Å². The Morgan fingerprint density at radius 1 is 1.38 bits per heavy atom. The summed E-state index contributed by atoms with van der Waals surface area (Å²) in [7, 11) is 0. The predicted molar refractivity (Wildman–Crippen MR) is 63.4 cm³/mol. The van der Waals surface area contributed by atoms with E-state index in [9.17, 15) is 4.79 Å². The van der Waals surface area contributed by atoms with Crippen molar-refractivity contribution in [3.8, 4) is 5.69 Å². The van der Waals surface area contributed by atoms with Crippen molar-refractivity contribution in [2.24, 2.45) is 0 Å². The van der Waals surface area contributed by atoms with Crippen LogP contribution in [-0.4, -0.2) is 15.8 Å². The van der Waals surface area contributed by atoms with Crippen LogP contribution in [0.5, 0.6) is 0 Å². The Morgan fingerprint density at radius 2 is 2.12 bits per heavy atom. The second-order valence-electron chi connectivity index (χ2n) is 3.61. The highest BCUT2D eigenvalue weighted by Crippen LogP contribution is 2.23. The first-order chi connectivity index (χ1) is 7.63. The fourth-order valence-corrected chi connectivity index (χ4v) is 1.81. The molecule has 0 saturated heterocycles. The van der Waals surface area contributed by atoms with Gasteiger partial charge >= 0.3 is 0 Å². The lowest BCUT2D eigenvalue weighted by Crippen LogP contribution is -1.97. The molecule has 0 saturated carbocycles. The van der Waals surface area contributed by atoms with Crippen LogP contribution in [0.1, 0.15) is 21.7 Å². The third-order valence-corrected chi connectivity index (χ3v) is 2.92. The molecule has 0 spiro atoms. The first-order valence-corrected chi connectivity index (χ1v) is 5.27. The molecule has 0 aliphatic heterocycles. The Hall–Kier alpha value is -1.61. The van der Waals surface area contributed by atoms with Crippen LogP contribution in [0.4, 0.5) is 0 Å². The largest absolute Gasteiger partial charge is 0.302 e. The van der Waals surface area contributed by atoms with Gasteiger partial charge < -0.3 is 4.57 Å². The average molecular weight is 235 g/mol. The zero-order valence-electron chi connectivity index (χ0n) is 9.07. The topological polar surface area (TPSA) is 34.9 Å². The van der Waals surface area contributed by atoms with Gasteiger partial charge in [0.1, 0.15) is 6.29 Å². The molecule has 1 heterocycles. The lowest BCUT2D eigenvalue weighted by atomic mass is 10.2. The molecule has 0 amide bonds. The minimum atomic E-state index is 0.546. The number of halogens is 1. The van der Waals surface area contributed by atoms with E-state index in [0.29, 0.717) is 10.6 Å². The van der Waals surface area contributed by atoms with E-state index in [0.717, 1.165) is 23.4 Å². The molecule has 2 rings (SSSR count). The number of aromatic nitrogens is 2. The van der Waals surface area contributed by atoms with Crippen LogP contribution in [0, 0.1) is 13.8 Å². The molecule has 3 nitrogen and oxygen atoms in total. The maximum atomic E-state index is 10.6. The number of hydrogen-bond donors (Lipinski definition) is 0. The number of aldehydes is 1. The molecule has 16 heavy (non-hydrogen) atoms. The number of rotatable bonds is 2. The zero-order valence-corrected chi connectivity index (χ0v) is 9.82. The van der Waals surface area contributed by atoms with Crippen molar-refractivity contribution in [1.29, 1.82) is 0 Å². The molecular weight excluding hydrogens is 224 g/mol. The summed E-state index contributed by atoms with van der Waals surface area (Å²) in [4.78, 5) is 14.8. The van der Waals surface area contributed by atoms with Crippen molar-refractivity contribution in [2.75, 3.05) is 0 Å². The summed E-state index contributed by atoms with van der Waals surface area (Å²) in [5.74, 6) is 0. The molecule has 0 N–H and O–H groups in total. The highest BCUT2D eigenvalue weighted by molar-refractivity contribution is 6.32. The summed E-state index contributed by atoms with van der Waals surface area (Å²) in [6.45, 7) is 3.92. The third kappa shape index (κ3) is 1.74. The van der Waals surface area contributed by atoms with Crippen molar-refractivity contribution in [1.82, 2.24) is 9.55 Å². The summed E-state index contributed by atoms with van der Waals surface area (Å²) in [5, 5.41) is 0.546. The van der Waals surface area contributed by atoms with Gasteiger partial charge in [-0.2, -0.15) is 0 Å². The molecule has 0 aliphatic rings. The maximum Gasteiger partial charge on any atom is 0.150 e. The molecule has 1 aromatic heterocycles. The Labute approximate surface area is 98.7 Å². The van der Waals surface area contributed by atoms with Crippen LogP contribution in [0.2, 0.25) is 5.02 Å². The molecule has 0 bridgehead atoms. The zero-order chi connectivity index (χ0) is 11.7. The van der Waals surface area contributed by atoms with E-state index in [1.165, 1.54) is 0 Å². The molecule has 2 aromatic rings. The van der Waals surface area contributed by atoms with Crippen LogP contribution >= 0.6 is 11.6 Å². The van der Waals surface area contributed by atoms with Gasteiger partial charge in [-0.25, -0.2) is 4.98 Å². The van der Waals surface area contributed by atoms with E-state index in [4.69, 9.17) is 11.6 Å². The quantitative estimate of drug-likeness (QED) is 0.749. The number of hydrogen-bond acceptors (Lipinski definition) is 2. The van der Waals surface area contributed by atoms with Gasteiger partial charge in [-0.15, -0.1) is 0 Å². The SMILES string of the molecule is Cc1ncn(-c2ccc(C=O)cc2Cl)c1C. The van der Waals surface area contributed by atoms with Crippen LogP contribution in [0.25, 0.3) is 5.69 Å². The first kappa shape index (κ1) is 10.9. The van der Waals surface area contributed by atoms with Gasteiger partial charge in [-0.3, -0.25) is 4.79 Å². The number of carbonyl (C=O) groups excluding carboxylic acids is 1. The highest BCUT2D eigenvalue weighted by atomic mass is 35.5. The van der Waals surface area contributed by atoms with E-state index in [2.05, 4.69) is 4.98 Å². The molecular formula is C12H11ClN2O. The second-order valence-corrected chi connectivity index (χ2v) is 4.02. The summed E-state index contributed by atoms with van der Waals surface area (Å²) in [6.07, 6.45) is 2.51. The van der Waals surface area contributed by atoms with Crippen molar-refractivity contribution >= 4 is 17.9 Å². The lowest BCUT2D eigenvalue weighted by molar-refractivity contribution is 0.112. The van der Waals surface area contributed by atoms with Crippen LogP contribution < -0.4 is 0 Å². The molecule has 0 aliphatic carbocycles. The molecule has 4 heteroatoms. The fourth-order valence-electron chi connectivity index (χ4n) is 1.53. The van der Waals surface area contributed by atoms with Crippen molar-refractivity contribution in [3.05, 3.63) is 46.5 Å². The predicted octanol–water partition coefficient (Wildman–Crippen LogP) is 2.96. The van der Waals surface area contributed by atoms with Crippen molar-refractivity contribution < 1.29 is 4.79 Å². The molecule has 0 unspecified atom stereocenters. The number of nitrogens with zero attached hydrogens (tertiary/aromatic N) is 2. The fraction of sp³-hybridized carbons (Fsp3) is 0.167. The minimum absolute atomic E-state index is 0.546. The number of aryl methyl sites for hydroxylation is 1. The smallest absolute Gasteiger partial charge is 0.150 e. The molecule has 82 valence electrons. The summed E-state index contributed by atoms with van der Waals surface area (Å²) in [5.41, 5.74) is 3.42. The van der Waals surface area contributed by atoms with Gasteiger partial charge in [0, 0.05) is 11.3 Å². The summed E-state index contributed by atoms with van der Waals surface area (Å²) >= 11 is 6.12. The van der Waals surface area contributed by atoms with Crippen molar-refractivity contribution in [2.45, 2.75) is 13.8 Å². The Balaban J connectivity index is 2.56. The summed E-state index contributed by atoms with van der Waals surface area (Å²) in [6, 6.07) is 5.21. The number of carbonyl (C=O) groups is 1.